The molecule has 17 heavy (non-hydrogen) atoms. The van der Waals surface area contributed by atoms with Gasteiger partial charge in [-0.1, -0.05) is 12.8 Å². The van der Waals surface area contributed by atoms with Crippen LogP contribution in [0.2, 0.25) is 0 Å². The molecule has 0 saturated carbocycles. The van der Waals surface area contributed by atoms with Crippen molar-refractivity contribution in [2.75, 3.05) is 31.8 Å². The third kappa shape index (κ3) is 7.49. The molecule has 0 aromatic rings. The van der Waals surface area contributed by atoms with Crippen molar-refractivity contribution in [3.8, 4) is 0 Å². The smallest absolute Gasteiger partial charge is 0.315 e. The summed E-state index contributed by atoms with van der Waals surface area (Å²) in [5, 5.41) is 5.80. The quantitative estimate of drug-likeness (QED) is 0.656. The van der Waals surface area contributed by atoms with Crippen molar-refractivity contribution >= 4 is 17.8 Å². The minimum Gasteiger partial charge on any atom is -0.379 e. The number of unbranched alkanes of at least 4 members (excludes halogenated alkanes) is 3. The molecule has 0 aromatic carbocycles. The Hall–Kier alpha value is -0.420. The maximum atomic E-state index is 11.5. The lowest BCUT2D eigenvalue weighted by Crippen LogP contribution is -2.42. The van der Waals surface area contributed by atoms with Gasteiger partial charge in [-0.2, -0.15) is 11.8 Å². The normalized spacial score (nSPS) is 19.2. The van der Waals surface area contributed by atoms with Crippen molar-refractivity contribution in [3.05, 3.63) is 0 Å². The number of rotatable bonds is 8. The van der Waals surface area contributed by atoms with Gasteiger partial charge in [0.25, 0.3) is 0 Å². The topological polar surface area (TPSA) is 50.4 Å². The summed E-state index contributed by atoms with van der Waals surface area (Å²) in [7, 11) is 0. The van der Waals surface area contributed by atoms with Crippen LogP contribution in [0.5, 0.6) is 0 Å². The summed E-state index contributed by atoms with van der Waals surface area (Å²) in [6, 6.07) is 0.154. The fraction of sp³-hybridized carbons (Fsp3) is 0.917. The Labute approximate surface area is 108 Å². The van der Waals surface area contributed by atoms with E-state index in [0.717, 1.165) is 26.0 Å². The fourth-order valence-corrected chi connectivity index (χ4v) is 2.30. The molecule has 0 bridgehead atoms. The van der Waals surface area contributed by atoms with Crippen LogP contribution in [-0.2, 0) is 4.74 Å². The highest BCUT2D eigenvalue weighted by Crippen LogP contribution is 2.04. The second-order valence-electron chi connectivity index (χ2n) is 4.37. The summed E-state index contributed by atoms with van der Waals surface area (Å²) in [6.45, 7) is 2.20. The Bertz CT molecular complexity index is 209. The van der Waals surface area contributed by atoms with Gasteiger partial charge in [-0.25, -0.2) is 4.79 Å². The zero-order chi connectivity index (χ0) is 12.3. The molecule has 1 rings (SSSR count). The van der Waals surface area contributed by atoms with E-state index < -0.39 is 0 Å². The van der Waals surface area contributed by atoms with Crippen LogP contribution in [-0.4, -0.2) is 43.8 Å². The molecule has 2 amide bonds. The van der Waals surface area contributed by atoms with Crippen LogP contribution in [0.1, 0.15) is 32.1 Å². The van der Waals surface area contributed by atoms with Gasteiger partial charge in [0.1, 0.15) is 0 Å². The largest absolute Gasteiger partial charge is 0.379 e. The Morgan fingerprint density at radius 1 is 1.35 bits per heavy atom. The van der Waals surface area contributed by atoms with Crippen molar-refractivity contribution in [1.29, 1.82) is 0 Å². The summed E-state index contributed by atoms with van der Waals surface area (Å²) in [5.74, 6) is 1.25. The maximum Gasteiger partial charge on any atom is 0.315 e. The van der Waals surface area contributed by atoms with Crippen LogP contribution >= 0.6 is 11.8 Å². The van der Waals surface area contributed by atoms with Crippen molar-refractivity contribution in [3.63, 3.8) is 0 Å². The summed E-state index contributed by atoms with van der Waals surface area (Å²) < 4.78 is 5.19. The van der Waals surface area contributed by atoms with E-state index in [9.17, 15) is 4.79 Å². The van der Waals surface area contributed by atoms with Gasteiger partial charge in [0, 0.05) is 13.2 Å². The molecule has 1 aliphatic heterocycles. The van der Waals surface area contributed by atoms with Gasteiger partial charge in [0.15, 0.2) is 0 Å². The van der Waals surface area contributed by atoms with E-state index in [0.29, 0.717) is 6.61 Å². The summed E-state index contributed by atoms with van der Waals surface area (Å²) in [5.41, 5.74) is 0. The average molecular weight is 260 g/mol. The van der Waals surface area contributed by atoms with Gasteiger partial charge in [-0.15, -0.1) is 0 Å². The van der Waals surface area contributed by atoms with Crippen molar-refractivity contribution in [2.45, 2.75) is 38.1 Å². The van der Waals surface area contributed by atoms with Crippen LogP contribution in [0.4, 0.5) is 4.79 Å². The molecular formula is C12H24N2O2S. The molecule has 4 nitrogen and oxygen atoms in total. The Balaban J connectivity index is 1.86. The molecule has 1 fully saturated rings. The van der Waals surface area contributed by atoms with Gasteiger partial charge in [0.2, 0.25) is 0 Å². The summed E-state index contributed by atoms with van der Waals surface area (Å²) >= 11 is 1.90. The number of nitrogens with one attached hydrogen (secondary N) is 2. The molecule has 2 N–H and O–H groups in total. The Morgan fingerprint density at radius 2 is 2.18 bits per heavy atom. The zero-order valence-corrected chi connectivity index (χ0v) is 11.5. The molecule has 1 saturated heterocycles. The number of carbonyl (C=O) groups is 1. The van der Waals surface area contributed by atoms with Gasteiger partial charge < -0.3 is 15.4 Å². The van der Waals surface area contributed by atoms with Crippen LogP contribution in [0.25, 0.3) is 0 Å². The van der Waals surface area contributed by atoms with Crippen LogP contribution in [0, 0.1) is 0 Å². The molecule has 1 aliphatic rings. The fourth-order valence-electron chi connectivity index (χ4n) is 1.81. The van der Waals surface area contributed by atoms with Crippen molar-refractivity contribution in [2.24, 2.45) is 0 Å². The maximum absolute atomic E-state index is 11.5. The number of urea groups is 1. The summed E-state index contributed by atoms with van der Waals surface area (Å²) in [4.78, 5) is 11.5. The van der Waals surface area contributed by atoms with Crippen molar-refractivity contribution < 1.29 is 9.53 Å². The highest BCUT2D eigenvalue weighted by Gasteiger charge is 2.16. The Kier molecular flexibility index (Phi) is 8.26. The lowest BCUT2D eigenvalue weighted by atomic mass is 10.2. The predicted molar refractivity (Wildman–Crippen MR) is 72.6 cm³/mol. The molecule has 0 spiro atoms. The molecule has 5 heteroatoms. The van der Waals surface area contributed by atoms with E-state index in [1.165, 1.54) is 25.0 Å². The first-order valence-corrected chi connectivity index (χ1v) is 7.83. The van der Waals surface area contributed by atoms with Gasteiger partial charge in [-0.3, -0.25) is 0 Å². The van der Waals surface area contributed by atoms with Gasteiger partial charge in [-0.05, 0) is 31.3 Å². The monoisotopic (exact) mass is 260 g/mol. The molecule has 1 heterocycles. The molecule has 0 aliphatic carbocycles. The Morgan fingerprint density at radius 3 is 2.88 bits per heavy atom. The lowest BCUT2D eigenvalue weighted by molar-refractivity contribution is 0.188. The second kappa shape index (κ2) is 9.59. The summed E-state index contributed by atoms with van der Waals surface area (Å²) in [6.07, 6.45) is 7.89. The molecule has 1 unspecified atom stereocenters. The van der Waals surface area contributed by atoms with E-state index >= 15 is 0 Å². The zero-order valence-electron chi connectivity index (χ0n) is 10.7. The SMILES string of the molecule is CSCCCCCCNC(=O)NC1CCOC1. The van der Waals surface area contributed by atoms with E-state index in [2.05, 4.69) is 16.9 Å². The molecular weight excluding hydrogens is 236 g/mol. The first-order valence-electron chi connectivity index (χ1n) is 6.44. The first-order chi connectivity index (χ1) is 8.33. The second-order valence-corrected chi connectivity index (χ2v) is 5.35. The molecule has 0 aromatic heterocycles. The van der Waals surface area contributed by atoms with Gasteiger partial charge in [0.05, 0.1) is 12.6 Å². The number of ether oxygens (including phenoxy) is 1. The van der Waals surface area contributed by atoms with Crippen LogP contribution < -0.4 is 10.6 Å². The van der Waals surface area contributed by atoms with E-state index in [4.69, 9.17) is 4.74 Å². The number of thioether (sulfide) groups is 1. The number of carbonyl (C=O) groups excluding carboxylic acids is 1. The third-order valence-corrected chi connectivity index (χ3v) is 3.52. The van der Waals surface area contributed by atoms with Crippen LogP contribution in [0.3, 0.4) is 0 Å². The molecule has 0 radical (unpaired) electrons. The highest BCUT2D eigenvalue weighted by atomic mass is 32.2. The van der Waals surface area contributed by atoms with E-state index in [-0.39, 0.29) is 12.1 Å². The molecule has 1 atom stereocenters. The van der Waals surface area contributed by atoms with Crippen LogP contribution in [0.15, 0.2) is 0 Å². The number of hydrogen-bond donors (Lipinski definition) is 2. The standard InChI is InChI=1S/C12H24N2O2S/c1-17-9-5-3-2-4-7-13-12(15)14-11-6-8-16-10-11/h11H,2-10H2,1H3,(H2,13,14,15). The minimum absolute atomic E-state index is 0.0513. The minimum atomic E-state index is -0.0513. The van der Waals surface area contributed by atoms with Crippen molar-refractivity contribution in [1.82, 2.24) is 10.6 Å². The number of hydrogen-bond acceptors (Lipinski definition) is 3. The predicted octanol–water partition coefficient (Wildman–Crippen LogP) is 2.00. The highest BCUT2D eigenvalue weighted by molar-refractivity contribution is 7.98. The van der Waals surface area contributed by atoms with E-state index in [1.54, 1.807) is 0 Å². The average Bonchev–Trinajstić information content (AvgIpc) is 2.80. The van der Waals surface area contributed by atoms with Gasteiger partial charge >= 0.3 is 6.03 Å². The van der Waals surface area contributed by atoms with E-state index in [1.807, 2.05) is 11.8 Å². The third-order valence-electron chi connectivity index (χ3n) is 2.83. The first kappa shape index (κ1) is 14.6. The molecule has 100 valence electrons. The number of amides is 2. The lowest BCUT2D eigenvalue weighted by Gasteiger charge is -2.11.